The average Bonchev–Trinajstić information content (AvgIpc) is 1.98. The molecule has 0 aromatic heterocycles. The number of carboxylic acids is 2. The quantitative estimate of drug-likeness (QED) is 0.363. The first-order valence-electron chi connectivity index (χ1n) is 3.53. The van der Waals surface area contributed by atoms with Crippen LogP contribution in [0.4, 0.5) is 0 Å². The number of aliphatic hydroxyl groups excluding tert-OH is 2. The van der Waals surface area contributed by atoms with E-state index in [2.05, 4.69) is 0 Å². The van der Waals surface area contributed by atoms with Gasteiger partial charge < -0.3 is 20.4 Å². The molecule has 0 radical (unpaired) electrons. The summed E-state index contributed by atoms with van der Waals surface area (Å²) < 4.78 is 0. The van der Waals surface area contributed by atoms with Crippen LogP contribution in [0.15, 0.2) is 0 Å². The number of hydrogen-bond acceptors (Lipinski definition) is 6. The lowest BCUT2D eigenvalue weighted by molar-refractivity contribution is -0.139. The van der Waals surface area contributed by atoms with Gasteiger partial charge in [0.25, 0.3) is 0 Å². The Labute approximate surface area is 87.7 Å². The molecule has 0 rings (SSSR count). The van der Waals surface area contributed by atoms with Crippen LogP contribution in [0.3, 0.4) is 0 Å². The van der Waals surface area contributed by atoms with Crippen molar-refractivity contribution in [2.45, 2.75) is 23.7 Å². The predicted molar refractivity (Wildman–Crippen MR) is 51.7 cm³/mol. The molecule has 0 aliphatic rings. The Balaban J connectivity index is 3.60. The molecule has 4 N–H and O–H groups in total. The van der Waals surface area contributed by atoms with Gasteiger partial charge in [0.05, 0.1) is 12.8 Å². The molecule has 0 amide bonds. The third kappa shape index (κ3) is 8.17. The standard InChI is InChI=1S/C6H10O6S2/c7-3(8)1-5(11)13-14-6(12)2-4(9)10/h5-6,11-12H,1-2H2,(H,7,8)(H,9,10). The van der Waals surface area contributed by atoms with Gasteiger partial charge in [-0.2, -0.15) is 0 Å². The summed E-state index contributed by atoms with van der Waals surface area (Å²) in [5, 5.41) is 34.5. The van der Waals surface area contributed by atoms with Gasteiger partial charge in [0.1, 0.15) is 10.9 Å². The van der Waals surface area contributed by atoms with Crippen LogP contribution in [0.25, 0.3) is 0 Å². The maximum atomic E-state index is 10.1. The molecule has 2 unspecified atom stereocenters. The lowest BCUT2D eigenvalue weighted by Crippen LogP contribution is -2.11. The van der Waals surface area contributed by atoms with Crippen LogP contribution < -0.4 is 0 Å². The van der Waals surface area contributed by atoms with Gasteiger partial charge in [0, 0.05) is 0 Å². The van der Waals surface area contributed by atoms with Gasteiger partial charge in [0.15, 0.2) is 0 Å². The van der Waals surface area contributed by atoms with E-state index in [1.165, 1.54) is 0 Å². The van der Waals surface area contributed by atoms with Gasteiger partial charge in [-0.1, -0.05) is 21.6 Å². The van der Waals surface area contributed by atoms with Crippen molar-refractivity contribution in [1.29, 1.82) is 0 Å². The first-order valence-corrected chi connectivity index (χ1v) is 5.81. The summed E-state index contributed by atoms with van der Waals surface area (Å²) in [6.45, 7) is 0. The van der Waals surface area contributed by atoms with E-state index >= 15 is 0 Å². The molecule has 0 fully saturated rings. The molecule has 0 heterocycles. The van der Waals surface area contributed by atoms with Gasteiger partial charge in [-0.25, -0.2) is 0 Å². The Morgan fingerprint density at radius 2 is 1.21 bits per heavy atom. The highest BCUT2D eigenvalue weighted by Crippen LogP contribution is 2.31. The second-order valence-electron chi connectivity index (χ2n) is 2.30. The average molecular weight is 242 g/mol. The molecule has 8 heteroatoms. The monoisotopic (exact) mass is 242 g/mol. The van der Waals surface area contributed by atoms with E-state index in [0.717, 1.165) is 21.6 Å². The van der Waals surface area contributed by atoms with Gasteiger partial charge in [-0.05, 0) is 0 Å². The van der Waals surface area contributed by atoms with E-state index in [1.54, 1.807) is 0 Å². The molecule has 0 aliphatic heterocycles. The molecule has 0 saturated heterocycles. The zero-order valence-corrected chi connectivity index (χ0v) is 8.62. The smallest absolute Gasteiger partial charge is 0.306 e. The maximum absolute atomic E-state index is 10.1. The van der Waals surface area contributed by atoms with Crippen LogP contribution in [0.1, 0.15) is 12.8 Å². The van der Waals surface area contributed by atoms with Crippen molar-refractivity contribution in [3.05, 3.63) is 0 Å². The first-order chi connectivity index (χ1) is 6.41. The summed E-state index contributed by atoms with van der Waals surface area (Å²) >= 11 is 0. The zero-order chi connectivity index (χ0) is 11.1. The minimum Gasteiger partial charge on any atom is -0.481 e. The second kappa shape index (κ2) is 6.93. The summed E-state index contributed by atoms with van der Waals surface area (Å²) in [4.78, 5) is 20.2. The Hall–Kier alpha value is -0.440. The topological polar surface area (TPSA) is 115 Å². The van der Waals surface area contributed by atoms with E-state index in [1.807, 2.05) is 0 Å². The van der Waals surface area contributed by atoms with Gasteiger partial charge >= 0.3 is 11.9 Å². The number of rotatable bonds is 7. The van der Waals surface area contributed by atoms with E-state index in [-0.39, 0.29) is 0 Å². The van der Waals surface area contributed by atoms with Gasteiger partial charge in [-0.15, -0.1) is 0 Å². The molecule has 0 aliphatic carbocycles. The largest absolute Gasteiger partial charge is 0.481 e. The van der Waals surface area contributed by atoms with E-state index in [9.17, 15) is 9.59 Å². The molecule has 2 atom stereocenters. The number of carbonyl (C=O) groups is 2. The van der Waals surface area contributed by atoms with Crippen molar-refractivity contribution in [1.82, 2.24) is 0 Å². The van der Waals surface area contributed by atoms with Crippen molar-refractivity contribution < 1.29 is 30.0 Å². The molecule has 14 heavy (non-hydrogen) atoms. The van der Waals surface area contributed by atoms with Crippen LogP contribution in [0.5, 0.6) is 0 Å². The van der Waals surface area contributed by atoms with E-state index in [0.29, 0.717) is 0 Å². The molecular weight excluding hydrogens is 232 g/mol. The number of carboxylic acid groups (broad SMARTS) is 2. The SMILES string of the molecule is O=C(O)CC(O)SSC(O)CC(=O)O. The Kier molecular flexibility index (Phi) is 6.71. The van der Waals surface area contributed by atoms with Crippen LogP contribution in [-0.4, -0.2) is 43.2 Å². The fraction of sp³-hybridized carbons (Fsp3) is 0.667. The van der Waals surface area contributed by atoms with Crippen molar-refractivity contribution in [2.24, 2.45) is 0 Å². The minimum atomic E-state index is -1.15. The molecule has 0 aromatic rings. The normalized spacial score (nSPS) is 14.7. The lowest BCUT2D eigenvalue weighted by atomic mass is 10.5. The minimum absolute atomic E-state index is 0.447. The Bertz CT molecular complexity index is 186. The second-order valence-corrected chi connectivity index (χ2v) is 4.93. The molecule has 6 nitrogen and oxygen atoms in total. The predicted octanol–water partition coefficient (Wildman–Crippen LogP) is -0.0460. The van der Waals surface area contributed by atoms with Crippen LogP contribution in [-0.2, 0) is 9.59 Å². The summed E-state index contributed by atoms with van der Waals surface area (Å²) in [6, 6.07) is 0. The fourth-order valence-corrected chi connectivity index (χ4v) is 2.35. The molecule has 0 saturated carbocycles. The van der Waals surface area contributed by atoms with Crippen molar-refractivity contribution in [3.63, 3.8) is 0 Å². The van der Waals surface area contributed by atoms with Crippen molar-refractivity contribution >= 4 is 33.5 Å². The van der Waals surface area contributed by atoms with Crippen molar-refractivity contribution in [2.75, 3.05) is 0 Å². The summed E-state index contributed by atoms with van der Waals surface area (Å²) in [5.74, 6) is -2.31. The molecule has 0 spiro atoms. The summed E-state index contributed by atoms with van der Waals surface area (Å²) in [5.41, 5.74) is -2.30. The fourth-order valence-electron chi connectivity index (χ4n) is 0.495. The number of aliphatic hydroxyl groups is 2. The number of aliphatic carboxylic acids is 2. The zero-order valence-electron chi connectivity index (χ0n) is 6.99. The Morgan fingerprint density at radius 3 is 1.43 bits per heavy atom. The van der Waals surface area contributed by atoms with Crippen LogP contribution >= 0.6 is 21.6 Å². The van der Waals surface area contributed by atoms with Gasteiger partial charge in [-0.3, -0.25) is 9.59 Å². The highest BCUT2D eigenvalue weighted by atomic mass is 33.1. The Morgan fingerprint density at radius 1 is 0.929 bits per heavy atom. The van der Waals surface area contributed by atoms with E-state index in [4.69, 9.17) is 20.4 Å². The molecular formula is C6H10O6S2. The van der Waals surface area contributed by atoms with Crippen LogP contribution in [0.2, 0.25) is 0 Å². The number of hydrogen-bond donors (Lipinski definition) is 4. The summed E-state index contributed by atoms with van der Waals surface area (Å²) in [7, 11) is 1.47. The highest BCUT2D eigenvalue weighted by molar-refractivity contribution is 8.77. The first kappa shape index (κ1) is 13.6. The summed E-state index contributed by atoms with van der Waals surface area (Å²) in [6.07, 6.45) is -0.894. The molecule has 0 aromatic carbocycles. The highest BCUT2D eigenvalue weighted by Gasteiger charge is 2.15. The molecule has 82 valence electrons. The maximum Gasteiger partial charge on any atom is 0.306 e. The third-order valence-electron chi connectivity index (χ3n) is 0.976. The third-order valence-corrected chi connectivity index (χ3v) is 3.53. The van der Waals surface area contributed by atoms with Crippen LogP contribution in [0, 0.1) is 0 Å². The van der Waals surface area contributed by atoms with E-state index < -0.39 is 35.7 Å². The lowest BCUT2D eigenvalue weighted by Gasteiger charge is -2.09. The molecule has 0 bridgehead atoms. The van der Waals surface area contributed by atoms with Crippen molar-refractivity contribution in [3.8, 4) is 0 Å². The van der Waals surface area contributed by atoms with Gasteiger partial charge in [0.2, 0.25) is 0 Å².